The van der Waals surface area contributed by atoms with Gasteiger partial charge in [-0.25, -0.2) is 0 Å². The molecule has 1 amide bonds. The highest BCUT2D eigenvalue weighted by Gasteiger charge is 2.43. The molecule has 4 heteroatoms. The molecule has 1 aliphatic carbocycles. The highest BCUT2D eigenvalue weighted by atomic mass is 16.5. The zero-order valence-electron chi connectivity index (χ0n) is 21.0. The molecule has 0 aromatic carbocycles. The van der Waals surface area contributed by atoms with Crippen molar-refractivity contribution in [2.45, 2.75) is 130 Å². The summed E-state index contributed by atoms with van der Waals surface area (Å²) in [5, 5.41) is 0. The van der Waals surface area contributed by atoms with Gasteiger partial charge in [-0.2, -0.15) is 0 Å². The van der Waals surface area contributed by atoms with Crippen LogP contribution in [0, 0.1) is 11.3 Å². The number of nitrogens with zero attached hydrogens (tertiary/aromatic N) is 1. The standard InChI is InChI=1S/C26H49NO3/c1-21(18-23(28)27-19-22(20-27)30-25(5,6)7)26(15-13-16-26)14-11-9-8-10-12-17-29-24(2,3)4/h21-22H,8-20H2,1-7H3/t21-/m0/s1. The van der Waals surface area contributed by atoms with Crippen LogP contribution in [-0.4, -0.2) is 47.8 Å². The van der Waals surface area contributed by atoms with Crippen molar-refractivity contribution in [2.24, 2.45) is 11.3 Å². The van der Waals surface area contributed by atoms with Crippen molar-refractivity contribution < 1.29 is 14.3 Å². The number of rotatable bonds is 12. The lowest BCUT2D eigenvalue weighted by Gasteiger charge is -2.48. The van der Waals surface area contributed by atoms with Crippen molar-refractivity contribution in [3.05, 3.63) is 0 Å². The highest BCUT2D eigenvalue weighted by Crippen LogP contribution is 2.52. The van der Waals surface area contributed by atoms with Gasteiger partial charge in [0.05, 0.1) is 17.3 Å². The zero-order chi connectivity index (χ0) is 22.4. The van der Waals surface area contributed by atoms with E-state index in [0.717, 1.165) is 19.7 Å². The number of amides is 1. The normalized spacial score (nSPS) is 20.6. The first-order chi connectivity index (χ1) is 13.9. The molecule has 176 valence electrons. The summed E-state index contributed by atoms with van der Waals surface area (Å²) in [6.07, 6.45) is 12.6. The lowest BCUT2D eigenvalue weighted by molar-refractivity contribution is -0.159. The second kappa shape index (κ2) is 10.8. The van der Waals surface area contributed by atoms with Crippen LogP contribution in [0.1, 0.15) is 113 Å². The smallest absolute Gasteiger partial charge is 0.223 e. The van der Waals surface area contributed by atoms with Crippen LogP contribution in [0.15, 0.2) is 0 Å². The minimum absolute atomic E-state index is 0.0131. The molecule has 0 N–H and O–H groups in total. The Bertz CT molecular complexity index is 521. The number of likely N-dealkylation sites (tertiary alicyclic amines) is 1. The first-order valence-corrected chi connectivity index (χ1v) is 12.5. The summed E-state index contributed by atoms with van der Waals surface area (Å²) in [5.74, 6) is 0.836. The van der Waals surface area contributed by atoms with Crippen LogP contribution in [0.3, 0.4) is 0 Å². The molecule has 1 aliphatic heterocycles. The summed E-state index contributed by atoms with van der Waals surface area (Å²) < 4.78 is 11.8. The molecule has 0 aromatic rings. The van der Waals surface area contributed by atoms with E-state index in [9.17, 15) is 4.79 Å². The monoisotopic (exact) mass is 423 g/mol. The quantitative estimate of drug-likeness (QED) is 0.343. The van der Waals surface area contributed by atoms with Crippen LogP contribution < -0.4 is 0 Å². The average Bonchev–Trinajstić information content (AvgIpc) is 2.52. The van der Waals surface area contributed by atoms with Gasteiger partial charge in [-0.3, -0.25) is 4.79 Å². The summed E-state index contributed by atoms with van der Waals surface area (Å²) in [6, 6.07) is 0. The fourth-order valence-corrected chi connectivity index (χ4v) is 4.93. The second-order valence-corrected chi connectivity index (χ2v) is 12.0. The van der Waals surface area contributed by atoms with Gasteiger partial charge in [-0.1, -0.05) is 39.0 Å². The van der Waals surface area contributed by atoms with Crippen molar-refractivity contribution >= 4 is 5.91 Å². The van der Waals surface area contributed by atoms with E-state index in [1.807, 2.05) is 4.90 Å². The van der Waals surface area contributed by atoms with E-state index in [1.165, 1.54) is 57.8 Å². The van der Waals surface area contributed by atoms with Crippen LogP contribution in [0.2, 0.25) is 0 Å². The first-order valence-electron chi connectivity index (χ1n) is 12.5. The summed E-state index contributed by atoms with van der Waals surface area (Å²) in [4.78, 5) is 14.7. The summed E-state index contributed by atoms with van der Waals surface area (Å²) in [6.45, 7) is 17.4. The average molecular weight is 424 g/mol. The van der Waals surface area contributed by atoms with Crippen LogP contribution in [-0.2, 0) is 14.3 Å². The van der Waals surface area contributed by atoms with Crippen LogP contribution in [0.4, 0.5) is 0 Å². The van der Waals surface area contributed by atoms with E-state index in [-0.39, 0.29) is 17.3 Å². The molecule has 1 atom stereocenters. The van der Waals surface area contributed by atoms with Gasteiger partial charge in [0.2, 0.25) is 5.91 Å². The van der Waals surface area contributed by atoms with Crippen molar-refractivity contribution in [3.8, 4) is 0 Å². The van der Waals surface area contributed by atoms with Gasteiger partial charge in [0, 0.05) is 26.1 Å². The van der Waals surface area contributed by atoms with Gasteiger partial charge >= 0.3 is 0 Å². The molecule has 1 saturated carbocycles. The van der Waals surface area contributed by atoms with Gasteiger partial charge in [0.15, 0.2) is 0 Å². The molecule has 2 fully saturated rings. The minimum Gasteiger partial charge on any atom is -0.376 e. The van der Waals surface area contributed by atoms with Crippen LogP contribution in [0.5, 0.6) is 0 Å². The highest BCUT2D eigenvalue weighted by molar-refractivity contribution is 5.77. The summed E-state index contributed by atoms with van der Waals surface area (Å²) in [5.41, 5.74) is 0.292. The molecule has 2 rings (SSSR count). The first kappa shape index (κ1) is 25.6. The number of hydrogen-bond acceptors (Lipinski definition) is 3. The van der Waals surface area contributed by atoms with Crippen molar-refractivity contribution in [1.82, 2.24) is 4.90 Å². The van der Waals surface area contributed by atoms with E-state index >= 15 is 0 Å². The third-order valence-corrected chi connectivity index (χ3v) is 6.95. The molecule has 0 radical (unpaired) electrons. The molecule has 30 heavy (non-hydrogen) atoms. The summed E-state index contributed by atoms with van der Waals surface area (Å²) in [7, 11) is 0. The molecule has 2 aliphatic rings. The maximum absolute atomic E-state index is 12.7. The third kappa shape index (κ3) is 8.49. The van der Waals surface area contributed by atoms with E-state index < -0.39 is 0 Å². The Morgan fingerprint density at radius 1 is 0.967 bits per heavy atom. The van der Waals surface area contributed by atoms with Crippen molar-refractivity contribution in [2.75, 3.05) is 19.7 Å². The van der Waals surface area contributed by atoms with E-state index in [4.69, 9.17) is 9.47 Å². The SMILES string of the molecule is C[C@@H](CC(=O)N1CC(OC(C)(C)C)C1)C1(CCCCCCCOC(C)(C)C)CCC1. The van der Waals surface area contributed by atoms with Gasteiger partial charge in [-0.15, -0.1) is 0 Å². The Balaban J connectivity index is 1.61. The molecule has 4 nitrogen and oxygen atoms in total. The fourth-order valence-electron chi connectivity index (χ4n) is 4.93. The fraction of sp³-hybridized carbons (Fsp3) is 0.962. The summed E-state index contributed by atoms with van der Waals surface area (Å²) >= 11 is 0. The Morgan fingerprint density at radius 3 is 2.10 bits per heavy atom. The molecule has 0 bridgehead atoms. The third-order valence-electron chi connectivity index (χ3n) is 6.95. The molecule has 0 spiro atoms. The minimum atomic E-state index is -0.122. The van der Waals surface area contributed by atoms with Crippen molar-refractivity contribution in [1.29, 1.82) is 0 Å². The van der Waals surface area contributed by atoms with Gasteiger partial charge in [-0.05, 0) is 78.6 Å². The predicted molar refractivity (Wildman–Crippen MR) is 125 cm³/mol. The number of carbonyl (C=O) groups is 1. The number of hydrogen-bond donors (Lipinski definition) is 0. The van der Waals surface area contributed by atoms with Gasteiger partial charge in [0.25, 0.3) is 0 Å². The predicted octanol–water partition coefficient (Wildman–Crippen LogP) is 6.36. The molecule has 0 unspecified atom stereocenters. The lowest BCUT2D eigenvalue weighted by Crippen LogP contribution is -2.57. The Kier molecular flexibility index (Phi) is 9.24. The van der Waals surface area contributed by atoms with Crippen molar-refractivity contribution in [3.63, 3.8) is 0 Å². The Hall–Kier alpha value is -0.610. The van der Waals surface area contributed by atoms with Gasteiger partial charge in [0.1, 0.15) is 0 Å². The van der Waals surface area contributed by atoms with Crippen LogP contribution in [0.25, 0.3) is 0 Å². The zero-order valence-corrected chi connectivity index (χ0v) is 21.0. The van der Waals surface area contributed by atoms with E-state index in [1.54, 1.807) is 0 Å². The van der Waals surface area contributed by atoms with E-state index in [0.29, 0.717) is 23.7 Å². The van der Waals surface area contributed by atoms with Crippen LogP contribution >= 0.6 is 0 Å². The van der Waals surface area contributed by atoms with E-state index in [2.05, 4.69) is 48.5 Å². The molecule has 1 heterocycles. The molecular weight excluding hydrogens is 374 g/mol. The maximum Gasteiger partial charge on any atom is 0.223 e. The Morgan fingerprint density at radius 2 is 1.57 bits per heavy atom. The lowest BCUT2D eigenvalue weighted by atomic mass is 9.58. The molecular formula is C26H49NO3. The topological polar surface area (TPSA) is 38.8 Å². The van der Waals surface area contributed by atoms with Gasteiger partial charge < -0.3 is 14.4 Å². The Labute approximate surface area is 186 Å². The number of unbranched alkanes of at least 4 members (excludes halogenated alkanes) is 4. The second-order valence-electron chi connectivity index (χ2n) is 12.0. The molecule has 0 aromatic heterocycles. The molecule has 1 saturated heterocycles. The maximum atomic E-state index is 12.7. The number of carbonyl (C=O) groups excluding carboxylic acids is 1. The number of ether oxygens (including phenoxy) is 2. The largest absolute Gasteiger partial charge is 0.376 e.